The molecule has 0 aliphatic carbocycles. The van der Waals surface area contributed by atoms with Crippen molar-refractivity contribution in [2.75, 3.05) is 0 Å². The third kappa shape index (κ3) is 3.58. The molecule has 1 rings (SSSR count). The maximum Gasteiger partial charge on any atom is 0.226 e. The Bertz CT molecular complexity index is 467. The molecular formula is C12H11Cl7O. The van der Waals surface area contributed by atoms with E-state index in [0.29, 0.717) is 12.0 Å². The molecule has 8 heteroatoms. The largest absolute Gasteiger partial charge is 0.388 e. The van der Waals surface area contributed by atoms with Crippen LogP contribution in [0.3, 0.4) is 0 Å². The molecule has 0 aromatic heterocycles. The van der Waals surface area contributed by atoms with Crippen molar-refractivity contribution < 1.29 is 5.11 Å². The summed E-state index contributed by atoms with van der Waals surface area (Å²) in [5.74, 6) is 0. The molecule has 1 unspecified atom stereocenters. The first-order chi connectivity index (χ1) is 8.96. The molecule has 0 aliphatic rings. The quantitative estimate of drug-likeness (QED) is 0.568. The van der Waals surface area contributed by atoms with Crippen molar-refractivity contribution in [3.8, 4) is 0 Å². The van der Waals surface area contributed by atoms with Gasteiger partial charge >= 0.3 is 0 Å². The zero-order valence-corrected chi connectivity index (χ0v) is 15.5. The summed E-state index contributed by atoms with van der Waals surface area (Å²) in [4.78, 5) is 0. The molecule has 0 radical (unpaired) electrons. The van der Waals surface area contributed by atoms with Gasteiger partial charge in [-0.25, -0.2) is 0 Å². The number of alkyl halides is 7. The van der Waals surface area contributed by atoms with Crippen molar-refractivity contribution in [3.63, 3.8) is 0 Å². The first-order valence-corrected chi connectivity index (χ1v) is 8.21. The van der Waals surface area contributed by atoms with Gasteiger partial charge in [0.05, 0.1) is 6.10 Å². The van der Waals surface area contributed by atoms with Crippen LogP contribution in [0.5, 0.6) is 0 Å². The van der Waals surface area contributed by atoms with Crippen molar-refractivity contribution in [1.29, 1.82) is 0 Å². The molecular weight excluding hydrogens is 408 g/mol. The predicted molar refractivity (Wildman–Crippen MR) is 89.8 cm³/mol. The Labute approximate surface area is 153 Å². The lowest BCUT2D eigenvalue weighted by Crippen LogP contribution is -2.45. The van der Waals surface area contributed by atoms with Gasteiger partial charge in [-0.15, -0.1) is 0 Å². The van der Waals surface area contributed by atoms with Crippen molar-refractivity contribution in [3.05, 3.63) is 35.4 Å². The molecule has 0 bridgehead atoms. The lowest BCUT2D eigenvalue weighted by molar-refractivity contribution is 0.172. The maximum absolute atomic E-state index is 10.0. The topological polar surface area (TPSA) is 20.2 Å². The van der Waals surface area contributed by atoms with Gasteiger partial charge < -0.3 is 5.11 Å². The molecule has 0 spiro atoms. The minimum absolute atomic E-state index is 0.286. The average molecular weight is 419 g/mol. The highest BCUT2D eigenvalue weighted by Gasteiger charge is 2.61. The molecule has 20 heavy (non-hydrogen) atoms. The van der Waals surface area contributed by atoms with E-state index in [9.17, 15) is 5.11 Å². The molecule has 0 aliphatic heterocycles. The van der Waals surface area contributed by atoms with Crippen LogP contribution in [0.2, 0.25) is 0 Å². The molecule has 0 fully saturated rings. The second kappa shape index (κ2) is 6.76. The van der Waals surface area contributed by atoms with Crippen LogP contribution in [0.15, 0.2) is 24.3 Å². The summed E-state index contributed by atoms with van der Waals surface area (Å²) >= 11 is 42.0. The fourth-order valence-electron chi connectivity index (χ4n) is 1.64. The SMILES string of the molecule is CCC(O)c1ccccc1C(Cl)(Cl)C(Cl)(Cl)C(Cl)(Cl)Cl. The fourth-order valence-corrected chi connectivity index (χ4v) is 3.19. The third-order valence-corrected chi connectivity index (χ3v) is 6.72. The van der Waals surface area contributed by atoms with Crippen LogP contribution in [0.4, 0.5) is 0 Å². The molecule has 1 aromatic carbocycles. The van der Waals surface area contributed by atoms with Crippen molar-refractivity contribution in [1.82, 2.24) is 0 Å². The van der Waals surface area contributed by atoms with Crippen LogP contribution in [0.25, 0.3) is 0 Å². The van der Waals surface area contributed by atoms with Gasteiger partial charge in [0.2, 0.25) is 8.13 Å². The molecule has 1 atom stereocenters. The van der Waals surface area contributed by atoms with Gasteiger partial charge in [-0.1, -0.05) is 112 Å². The van der Waals surface area contributed by atoms with E-state index in [4.69, 9.17) is 81.2 Å². The third-order valence-electron chi connectivity index (χ3n) is 2.80. The van der Waals surface area contributed by atoms with E-state index in [0.717, 1.165) is 0 Å². The lowest BCUT2D eigenvalue weighted by atomic mass is 9.96. The highest BCUT2D eigenvalue weighted by molar-refractivity contribution is 6.78. The van der Waals surface area contributed by atoms with Crippen molar-refractivity contribution >= 4 is 81.2 Å². The highest BCUT2D eigenvalue weighted by Crippen LogP contribution is 2.61. The zero-order valence-electron chi connectivity index (χ0n) is 10.2. The Kier molecular flexibility index (Phi) is 6.51. The van der Waals surface area contributed by atoms with Crippen LogP contribution in [-0.4, -0.2) is 13.2 Å². The van der Waals surface area contributed by atoms with E-state index in [2.05, 4.69) is 0 Å². The number of aliphatic hydroxyl groups excluding tert-OH is 1. The van der Waals surface area contributed by atoms with Crippen LogP contribution >= 0.6 is 81.2 Å². The van der Waals surface area contributed by atoms with Gasteiger partial charge in [-0.05, 0) is 17.5 Å². The number of halogens is 7. The minimum atomic E-state index is -2.14. The molecule has 0 amide bonds. The van der Waals surface area contributed by atoms with Crippen LogP contribution in [0, 0.1) is 0 Å². The fraction of sp³-hybridized carbons (Fsp3) is 0.500. The van der Waals surface area contributed by atoms with Crippen molar-refractivity contribution in [2.24, 2.45) is 0 Å². The second-order valence-electron chi connectivity index (χ2n) is 4.16. The maximum atomic E-state index is 10.0. The van der Waals surface area contributed by atoms with Crippen LogP contribution < -0.4 is 0 Å². The van der Waals surface area contributed by atoms with E-state index in [1.165, 1.54) is 0 Å². The molecule has 1 N–H and O–H groups in total. The van der Waals surface area contributed by atoms with Crippen LogP contribution in [0.1, 0.15) is 30.6 Å². The normalized spacial score (nSPS) is 15.2. The second-order valence-corrected chi connectivity index (χ2v) is 9.09. The molecule has 0 saturated carbocycles. The van der Waals surface area contributed by atoms with Crippen molar-refractivity contribution in [2.45, 2.75) is 31.9 Å². The van der Waals surface area contributed by atoms with Gasteiger partial charge in [-0.3, -0.25) is 0 Å². The zero-order chi connectivity index (χ0) is 15.8. The standard InChI is InChI=1S/C12H11Cl7O/c1-2-9(20)7-5-3-4-6-8(7)10(13,14)11(15,16)12(17,18)19/h3-6,9,20H,2H2,1H3. The minimum Gasteiger partial charge on any atom is -0.388 e. The van der Waals surface area contributed by atoms with Gasteiger partial charge in [0.1, 0.15) is 0 Å². The van der Waals surface area contributed by atoms with Gasteiger partial charge in [0.25, 0.3) is 0 Å². The smallest absolute Gasteiger partial charge is 0.226 e. The van der Waals surface area contributed by atoms with E-state index < -0.39 is 18.6 Å². The number of aliphatic hydroxyl groups is 1. The Hall–Kier alpha value is 1.21. The monoisotopic (exact) mass is 416 g/mol. The summed E-state index contributed by atoms with van der Waals surface area (Å²) in [6.45, 7) is 1.80. The van der Waals surface area contributed by atoms with Crippen LogP contribution in [-0.2, 0) is 4.33 Å². The first-order valence-electron chi connectivity index (χ1n) is 5.56. The van der Waals surface area contributed by atoms with Gasteiger partial charge in [-0.2, -0.15) is 0 Å². The lowest BCUT2D eigenvalue weighted by Gasteiger charge is -2.39. The summed E-state index contributed by atoms with van der Waals surface area (Å²) in [6.07, 6.45) is -0.339. The Balaban J connectivity index is 3.43. The van der Waals surface area contributed by atoms with Gasteiger partial charge in [0, 0.05) is 0 Å². The molecule has 1 aromatic rings. The Morgan fingerprint density at radius 2 is 1.50 bits per heavy atom. The Morgan fingerprint density at radius 3 is 1.95 bits per heavy atom. The Morgan fingerprint density at radius 1 is 1.00 bits per heavy atom. The number of hydrogen-bond acceptors (Lipinski definition) is 1. The summed E-state index contributed by atoms with van der Waals surface area (Å²) in [6, 6.07) is 6.62. The number of benzene rings is 1. The average Bonchev–Trinajstić information content (AvgIpc) is 2.36. The molecule has 1 nitrogen and oxygen atoms in total. The molecule has 0 saturated heterocycles. The molecule has 114 valence electrons. The summed E-state index contributed by atoms with van der Waals surface area (Å²) in [5, 5.41) is 10.0. The van der Waals surface area contributed by atoms with E-state index >= 15 is 0 Å². The van der Waals surface area contributed by atoms with E-state index in [-0.39, 0.29) is 5.56 Å². The van der Waals surface area contributed by atoms with Gasteiger partial charge in [0.15, 0.2) is 4.33 Å². The predicted octanol–water partition coefficient (Wildman–Crippen LogP) is 6.30. The highest BCUT2D eigenvalue weighted by atomic mass is 35.6. The number of hydrogen-bond donors (Lipinski definition) is 1. The first kappa shape index (κ1) is 19.3. The summed E-state index contributed by atoms with van der Waals surface area (Å²) in [5.41, 5.74) is 0.758. The number of rotatable bonds is 4. The summed E-state index contributed by atoms with van der Waals surface area (Å²) < 4.78 is -6.20. The molecule has 0 heterocycles. The van der Waals surface area contributed by atoms with E-state index in [1.54, 1.807) is 31.2 Å². The van der Waals surface area contributed by atoms with E-state index in [1.807, 2.05) is 0 Å². The summed E-state index contributed by atoms with van der Waals surface area (Å²) in [7, 11) is 0.